The van der Waals surface area contributed by atoms with Crippen molar-refractivity contribution in [1.82, 2.24) is 10.5 Å². The van der Waals surface area contributed by atoms with Gasteiger partial charge in [-0.15, -0.1) is 11.3 Å². The second-order valence-electron chi connectivity index (χ2n) is 5.44. The lowest BCUT2D eigenvalue weighted by atomic mass is 10.0. The third-order valence-electron chi connectivity index (χ3n) is 3.60. The highest BCUT2D eigenvalue weighted by Crippen LogP contribution is 2.33. The number of hydrogen-bond donors (Lipinski definition) is 2. The molecule has 3 aromatic rings. The Bertz CT molecular complexity index is 822. The first-order valence-electron chi connectivity index (χ1n) is 7.03. The Morgan fingerprint density at radius 1 is 1.23 bits per heavy atom. The molecule has 4 nitrogen and oxygen atoms in total. The van der Waals surface area contributed by atoms with Gasteiger partial charge in [-0.05, 0) is 29.2 Å². The molecule has 2 heterocycles. The Balaban J connectivity index is 1.99. The van der Waals surface area contributed by atoms with E-state index in [0.29, 0.717) is 11.5 Å². The smallest absolute Gasteiger partial charge is 0.276 e. The number of nitrogens with zero attached hydrogens (tertiary/aromatic N) is 1. The summed E-state index contributed by atoms with van der Waals surface area (Å²) in [6.07, 6.45) is 1.46. The van der Waals surface area contributed by atoms with Crippen LogP contribution in [-0.4, -0.2) is 16.1 Å². The average molecular weight is 312 g/mol. The van der Waals surface area contributed by atoms with Gasteiger partial charge in [0.05, 0.1) is 15.8 Å². The Hall–Kier alpha value is -2.24. The maximum absolute atomic E-state index is 11.4. The number of nitrogens with one attached hydrogen (secondary N) is 1. The lowest BCUT2D eigenvalue weighted by Gasteiger charge is -2.05. The predicted molar refractivity (Wildman–Crippen MR) is 88.4 cm³/mol. The summed E-state index contributed by atoms with van der Waals surface area (Å²) in [6, 6.07) is 12.3. The minimum absolute atomic E-state index is 0.346. The molecule has 0 bridgehead atoms. The highest BCUT2D eigenvalue weighted by molar-refractivity contribution is 7.22. The van der Waals surface area contributed by atoms with Gasteiger partial charge in [-0.2, -0.15) is 0 Å². The van der Waals surface area contributed by atoms with E-state index < -0.39 is 5.91 Å². The van der Waals surface area contributed by atoms with E-state index in [9.17, 15) is 4.79 Å². The Morgan fingerprint density at radius 3 is 2.59 bits per heavy atom. The number of fused-ring (bicyclic) bond motifs is 1. The van der Waals surface area contributed by atoms with E-state index in [1.54, 1.807) is 22.9 Å². The standard InChI is InChI=1S/C17H16N2O2S/c1-10(2)11-3-5-12(6-4-11)15-8-14-16(22-15)7-13(9-18-14)17(20)19-21/h3-10,21H,1-2H3,(H,19,20). The van der Waals surface area contributed by atoms with Crippen LogP contribution in [0.15, 0.2) is 42.6 Å². The van der Waals surface area contributed by atoms with Gasteiger partial charge >= 0.3 is 0 Å². The number of pyridine rings is 1. The molecule has 1 amide bonds. The van der Waals surface area contributed by atoms with Gasteiger partial charge in [-0.1, -0.05) is 38.1 Å². The predicted octanol–water partition coefficient (Wildman–Crippen LogP) is 4.21. The number of hydrogen-bond acceptors (Lipinski definition) is 4. The summed E-state index contributed by atoms with van der Waals surface area (Å²) in [5.41, 5.74) is 5.27. The van der Waals surface area contributed by atoms with Gasteiger partial charge in [-0.25, -0.2) is 5.48 Å². The molecule has 112 valence electrons. The number of thiophene rings is 1. The fourth-order valence-corrected chi connectivity index (χ4v) is 3.34. The molecule has 0 spiro atoms. The fourth-order valence-electron chi connectivity index (χ4n) is 2.28. The molecule has 0 aliphatic rings. The number of aromatic nitrogens is 1. The third-order valence-corrected chi connectivity index (χ3v) is 4.72. The molecule has 1 aromatic carbocycles. The van der Waals surface area contributed by atoms with Gasteiger partial charge in [0.15, 0.2) is 0 Å². The largest absolute Gasteiger partial charge is 0.288 e. The van der Waals surface area contributed by atoms with E-state index in [1.165, 1.54) is 11.8 Å². The molecule has 2 N–H and O–H groups in total. The van der Waals surface area contributed by atoms with Crippen LogP contribution in [0.25, 0.3) is 20.7 Å². The molecule has 5 heteroatoms. The molecule has 0 aliphatic heterocycles. The number of carbonyl (C=O) groups is 1. The summed E-state index contributed by atoms with van der Waals surface area (Å²) in [7, 11) is 0. The first-order chi connectivity index (χ1) is 10.6. The number of benzene rings is 1. The van der Waals surface area contributed by atoms with Gasteiger partial charge in [-0.3, -0.25) is 15.0 Å². The second kappa shape index (κ2) is 5.87. The molecule has 3 rings (SSSR count). The van der Waals surface area contributed by atoms with Crippen LogP contribution in [0.5, 0.6) is 0 Å². The van der Waals surface area contributed by atoms with Crippen LogP contribution in [0.2, 0.25) is 0 Å². The molecule has 2 aromatic heterocycles. The van der Waals surface area contributed by atoms with Gasteiger partial charge < -0.3 is 0 Å². The molecule has 0 aliphatic carbocycles. The van der Waals surface area contributed by atoms with Crippen LogP contribution in [-0.2, 0) is 0 Å². The van der Waals surface area contributed by atoms with Gasteiger partial charge in [0.2, 0.25) is 0 Å². The number of carbonyl (C=O) groups excluding carboxylic acids is 1. The van der Waals surface area contributed by atoms with Crippen LogP contribution in [0.4, 0.5) is 0 Å². The van der Waals surface area contributed by atoms with Crippen molar-refractivity contribution >= 4 is 27.5 Å². The molecule has 0 unspecified atom stereocenters. The van der Waals surface area contributed by atoms with Crippen molar-refractivity contribution in [3.8, 4) is 10.4 Å². The number of hydroxylamine groups is 1. The molecule has 0 radical (unpaired) electrons. The average Bonchev–Trinajstić information content (AvgIpc) is 2.97. The monoisotopic (exact) mass is 312 g/mol. The highest BCUT2D eigenvalue weighted by atomic mass is 32.1. The van der Waals surface area contributed by atoms with E-state index in [-0.39, 0.29) is 0 Å². The lowest BCUT2D eigenvalue weighted by molar-refractivity contribution is 0.0706. The van der Waals surface area contributed by atoms with Crippen LogP contribution < -0.4 is 5.48 Å². The summed E-state index contributed by atoms with van der Waals surface area (Å²) in [5.74, 6) is -0.0386. The van der Waals surface area contributed by atoms with E-state index in [0.717, 1.165) is 20.7 Å². The first kappa shape index (κ1) is 14.7. The zero-order valence-electron chi connectivity index (χ0n) is 12.3. The summed E-state index contributed by atoms with van der Waals surface area (Å²) in [4.78, 5) is 16.8. The third kappa shape index (κ3) is 2.73. The van der Waals surface area contributed by atoms with Crippen molar-refractivity contribution in [1.29, 1.82) is 0 Å². The van der Waals surface area contributed by atoms with Crippen LogP contribution in [0, 0.1) is 0 Å². The zero-order chi connectivity index (χ0) is 15.7. The van der Waals surface area contributed by atoms with Crippen molar-refractivity contribution in [2.45, 2.75) is 19.8 Å². The van der Waals surface area contributed by atoms with E-state index in [4.69, 9.17) is 5.21 Å². The van der Waals surface area contributed by atoms with Crippen molar-refractivity contribution in [2.75, 3.05) is 0 Å². The minimum Gasteiger partial charge on any atom is -0.288 e. The Morgan fingerprint density at radius 2 is 1.95 bits per heavy atom. The topological polar surface area (TPSA) is 62.2 Å². The van der Waals surface area contributed by atoms with Gasteiger partial charge in [0.25, 0.3) is 5.91 Å². The summed E-state index contributed by atoms with van der Waals surface area (Å²) in [6.45, 7) is 4.35. The Labute approximate surface area is 132 Å². The fraction of sp³-hybridized carbons (Fsp3) is 0.176. The molecule has 0 atom stereocenters. The lowest BCUT2D eigenvalue weighted by Crippen LogP contribution is -2.18. The summed E-state index contributed by atoms with van der Waals surface area (Å²) >= 11 is 1.58. The number of amides is 1. The van der Waals surface area contributed by atoms with Crippen molar-refractivity contribution in [3.05, 3.63) is 53.7 Å². The van der Waals surface area contributed by atoms with Crippen LogP contribution >= 0.6 is 11.3 Å². The van der Waals surface area contributed by atoms with E-state index >= 15 is 0 Å². The van der Waals surface area contributed by atoms with Gasteiger partial charge in [0, 0.05) is 11.1 Å². The minimum atomic E-state index is -0.550. The van der Waals surface area contributed by atoms with Crippen LogP contribution in [0.1, 0.15) is 35.7 Å². The Kier molecular flexibility index (Phi) is 3.92. The number of rotatable bonds is 3. The van der Waals surface area contributed by atoms with Crippen molar-refractivity contribution in [2.24, 2.45) is 0 Å². The molecule has 0 fully saturated rings. The molecule has 22 heavy (non-hydrogen) atoms. The summed E-state index contributed by atoms with van der Waals surface area (Å²) in [5, 5.41) is 8.69. The maximum atomic E-state index is 11.4. The maximum Gasteiger partial charge on any atom is 0.276 e. The molecular formula is C17H16N2O2S. The zero-order valence-corrected chi connectivity index (χ0v) is 13.1. The first-order valence-corrected chi connectivity index (χ1v) is 7.84. The normalized spacial score (nSPS) is 11.1. The summed E-state index contributed by atoms with van der Waals surface area (Å²) < 4.78 is 0.920. The molecular weight excluding hydrogens is 296 g/mol. The highest BCUT2D eigenvalue weighted by Gasteiger charge is 2.10. The van der Waals surface area contributed by atoms with E-state index in [1.807, 2.05) is 6.07 Å². The van der Waals surface area contributed by atoms with Crippen molar-refractivity contribution < 1.29 is 10.0 Å². The quantitative estimate of drug-likeness (QED) is 0.562. The SMILES string of the molecule is CC(C)c1ccc(-c2cc3ncc(C(=O)NO)cc3s2)cc1. The molecule has 0 saturated heterocycles. The van der Waals surface area contributed by atoms with Crippen LogP contribution in [0.3, 0.4) is 0 Å². The van der Waals surface area contributed by atoms with E-state index in [2.05, 4.69) is 43.1 Å². The second-order valence-corrected chi connectivity index (χ2v) is 6.52. The molecule has 0 saturated carbocycles. The van der Waals surface area contributed by atoms with Gasteiger partial charge in [0.1, 0.15) is 0 Å². The van der Waals surface area contributed by atoms with Crippen molar-refractivity contribution in [3.63, 3.8) is 0 Å².